The van der Waals surface area contributed by atoms with Crippen molar-refractivity contribution in [2.45, 2.75) is 50.5 Å². The van der Waals surface area contributed by atoms with Gasteiger partial charge in [-0.05, 0) is 54.5 Å². The van der Waals surface area contributed by atoms with E-state index >= 15 is 0 Å². The van der Waals surface area contributed by atoms with Crippen LogP contribution in [0.4, 0.5) is 0 Å². The van der Waals surface area contributed by atoms with Crippen molar-refractivity contribution in [2.24, 2.45) is 0 Å². The first-order chi connectivity index (χ1) is 15.7. The highest BCUT2D eigenvalue weighted by atomic mass is 32.2. The lowest BCUT2D eigenvalue weighted by Gasteiger charge is -2.16. The van der Waals surface area contributed by atoms with Crippen LogP contribution in [0.25, 0.3) is 0 Å². The second-order valence-corrected chi connectivity index (χ2v) is 8.72. The Bertz CT molecular complexity index is 1070. The molecule has 0 unspecified atom stereocenters. The first kappa shape index (κ1) is 22.1. The number of carbonyl (C=O) groups is 1. The summed E-state index contributed by atoms with van der Waals surface area (Å²) in [6, 6.07) is 16.2. The predicted molar refractivity (Wildman–Crippen MR) is 127 cm³/mol. The van der Waals surface area contributed by atoms with E-state index in [1.807, 2.05) is 41.0 Å². The Hall–Kier alpha value is -3.06. The Morgan fingerprint density at radius 2 is 1.94 bits per heavy atom. The van der Waals surface area contributed by atoms with E-state index in [0.717, 1.165) is 30.0 Å². The second-order valence-electron chi connectivity index (χ2n) is 7.78. The largest absolute Gasteiger partial charge is 0.486 e. The van der Waals surface area contributed by atoms with E-state index in [0.29, 0.717) is 24.9 Å². The number of hydrogen-bond acceptors (Lipinski definition) is 5. The van der Waals surface area contributed by atoms with Crippen molar-refractivity contribution in [3.8, 4) is 5.75 Å². The van der Waals surface area contributed by atoms with E-state index in [9.17, 15) is 4.79 Å². The molecule has 32 heavy (non-hydrogen) atoms. The van der Waals surface area contributed by atoms with Gasteiger partial charge in [-0.2, -0.15) is 0 Å². The Morgan fingerprint density at radius 3 is 2.75 bits per heavy atom. The highest BCUT2D eigenvalue weighted by Crippen LogP contribution is 2.26. The monoisotopic (exact) mass is 448 g/mol. The molecule has 7 heteroatoms. The number of hydrogen-bond donors (Lipinski definition) is 1. The number of nitrogens with zero attached hydrogens (tertiary/aromatic N) is 3. The molecule has 1 amide bonds. The second kappa shape index (κ2) is 11.0. The topological polar surface area (TPSA) is 69.0 Å². The number of benzene rings is 2. The number of carbonyl (C=O) groups excluding carboxylic acids is 1. The SMILES string of the molecule is C=CCn1c(COc2ccc3c(c2)CCCC3)nnc1SCC(=O)NCc1ccccc1. The summed E-state index contributed by atoms with van der Waals surface area (Å²) in [6.45, 7) is 5.23. The maximum Gasteiger partial charge on any atom is 0.230 e. The Balaban J connectivity index is 1.33. The summed E-state index contributed by atoms with van der Waals surface area (Å²) >= 11 is 1.37. The number of fused-ring (bicyclic) bond motifs is 1. The highest BCUT2D eigenvalue weighted by molar-refractivity contribution is 7.99. The molecule has 0 aliphatic heterocycles. The van der Waals surface area contributed by atoms with E-state index in [1.54, 1.807) is 6.08 Å². The summed E-state index contributed by atoms with van der Waals surface area (Å²) in [5.41, 5.74) is 3.89. The molecule has 0 saturated carbocycles. The number of rotatable bonds is 10. The quantitative estimate of drug-likeness (QED) is 0.369. The maximum absolute atomic E-state index is 12.3. The lowest BCUT2D eigenvalue weighted by Crippen LogP contribution is -2.24. The Labute approximate surface area is 193 Å². The Kier molecular flexibility index (Phi) is 7.61. The van der Waals surface area contributed by atoms with Gasteiger partial charge in [-0.1, -0.05) is 54.2 Å². The minimum atomic E-state index is -0.0427. The average molecular weight is 449 g/mol. The van der Waals surface area contributed by atoms with Gasteiger partial charge in [0.25, 0.3) is 0 Å². The predicted octanol–water partition coefficient (Wildman–Crippen LogP) is 4.33. The molecule has 2 aromatic carbocycles. The average Bonchev–Trinajstić information content (AvgIpc) is 3.22. The van der Waals surface area contributed by atoms with Crippen molar-refractivity contribution in [3.05, 3.63) is 83.7 Å². The summed E-state index contributed by atoms with van der Waals surface area (Å²) in [5, 5.41) is 12.2. The lowest BCUT2D eigenvalue weighted by molar-refractivity contribution is -0.118. The first-order valence-electron chi connectivity index (χ1n) is 10.9. The standard InChI is InChI=1S/C25H28N4O2S/c1-2-14-29-23(17-31-22-13-12-20-10-6-7-11-21(20)15-22)27-28-25(29)32-18-24(30)26-16-19-8-4-3-5-9-19/h2-5,8-9,12-13,15H,1,6-7,10-11,14,16-18H2,(H,26,30). The van der Waals surface area contributed by atoms with Gasteiger partial charge in [0.2, 0.25) is 5.91 Å². The zero-order chi connectivity index (χ0) is 22.2. The molecule has 0 spiro atoms. The molecular formula is C25H28N4O2S. The van der Waals surface area contributed by atoms with E-state index in [-0.39, 0.29) is 11.7 Å². The smallest absolute Gasteiger partial charge is 0.230 e. The summed E-state index contributed by atoms with van der Waals surface area (Å²) in [7, 11) is 0. The van der Waals surface area contributed by atoms with Crippen molar-refractivity contribution in [2.75, 3.05) is 5.75 Å². The van der Waals surface area contributed by atoms with E-state index in [1.165, 1.54) is 35.7 Å². The third-order valence-electron chi connectivity index (χ3n) is 5.46. The molecule has 0 bridgehead atoms. The number of ether oxygens (including phenoxy) is 1. The molecule has 0 saturated heterocycles. The molecule has 1 heterocycles. The lowest BCUT2D eigenvalue weighted by atomic mass is 9.92. The van der Waals surface area contributed by atoms with Crippen LogP contribution in [0.1, 0.15) is 35.4 Å². The number of thioether (sulfide) groups is 1. The summed E-state index contributed by atoms with van der Waals surface area (Å²) in [6.07, 6.45) is 6.58. The van der Waals surface area contributed by atoms with Gasteiger partial charge in [-0.25, -0.2) is 0 Å². The van der Waals surface area contributed by atoms with Crippen LogP contribution in [-0.2, 0) is 37.3 Å². The molecule has 1 aromatic heterocycles. The van der Waals surface area contributed by atoms with Crippen LogP contribution < -0.4 is 10.1 Å². The number of aryl methyl sites for hydroxylation is 2. The molecule has 1 aliphatic carbocycles. The van der Waals surface area contributed by atoms with Crippen LogP contribution in [0, 0.1) is 0 Å². The van der Waals surface area contributed by atoms with Gasteiger partial charge < -0.3 is 10.1 Å². The van der Waals surface area contributed by atoms with Gasteiger partial charge in [0.15, 0.2) is 11.0 Å². The van der Waals surface area contributed by atoms with Crippen LogP contribution >= 0.6 is 11.8 Å². The van der Waals surface area contributed by atoms with Gasteiger partial charge in [-0.15, -0.1) is 16.8 Å². The molecule has 6 nitrogen and oxygen atoms in total. The zero-order valence-corrected chi connectivity index (χ0v) is 18.9. The molecule has 3 aromatic rings. The Morgan fingerprint density at radius 1 is 1.12 bits per heavy atom. The zero-order valence-electron chi connectivity index (χ0n) is 18.1. The molecule has 1 N–H and O–H groups in total. The number of amides is 1. The third-order valence-corrected chi connectivity index (χ3v) is 6.42. The maximum atomic E-state index is 12.3. The van der Waals surface area contributed by atoms with Gasteiger partial charge in [0.05, 0.1) is 5.75 Å². The van der Waals surface area contributed by atoms with Gasteiger partial charge >= 0.3 is 0 Å². The minimum Gasteiger partial charge on any atom is -0.486 e. The van der Waals surface area contributed by atoms with Crippen LogP contribution in [0.3, 0.4) is 0 Å². The van der Waals surface area contributed by atoms with Crippen molar-refractivity contribution >= 4 is 17.7 Å². The number of allylic oxidation sites excluding steroid dienone is 1. The molecule has 0 atom stereocenters. The van der Waals surface area contributed by atoms with Crippen LogP contribution in [0.15, 0.2) is 66.3 Å². The fourth-order valence-electron chi connectivity index (χ4n) is 3.77. The van der Waals surface area contributed by atoms with Gasteiger partial charge in [0.1, 0.15) is 12.4 Å². The van der Waals surface area contributed by atoms with Crippen molar-refractivity contribution in [1.29, 1.82) is 0 Å². The minimum absolute atomic E-state index is 0.0427. The molecule has 0 radical (unpaired) electrons. The fraction of sp³-hybridized carbons (Fsp3) is 0.320. The van der Waals surface area contributed by atoms with Gasteiger partial charge in [0, 0.05) is 13.1 Å². The highest BCUT2D eigenvalue weighted by Gasteiger charge is 2.15. The fourth-order valence-corrected chi connectivity index (χ4v) is 4.57. The van der Waals surface area contributed by atoms with Crippen LogP contribution in [0.5, 0.6) is 5.75 Å². The molecule has 1 aliphatic rings. The van der Waals surface area contributed by atoms with Crippen molar-refractivity contribution < 1.29 is 9.53 Å². The molecule has 166 valence electrons. The van der Waals surface area contributed by atoms with Gasteiger partial charge in [-0.3, -0.25) is 9.36 Å². The number of aromatic nitrogens is 3. The summed E-state index contributed by atoms with van der Waals surface area (Å²) < 4.78 is 7.97. The van der Waals surface area contributed by atoms with Crippen molar-refractivity contribution in [1.82, 2.24) is 20.1 Å². The first-order valence-corrected chi connectivity index (χ1v) is 11.9. The van der Waals surface area contributed by atoms with Crippen LogP contribution in [-0.4, -0.2) is 26.4 Å². The van der Waals surface area contributed by atoms with Crippen LogP contribution in [0.2, 0.25) is 0 Å². The molecular weight excluding hydrogens is 420 g/mol. The normalized spacial score (nSPS) is 12.8. The van der Waals surface area contributed by atoms with E-state index in [4.69, 9.17) is 4.74 Å². The van der Waals surface area contributed by atoms with E-state index < -0.39 is 0 Å². The number of nitrogens with one attached hydrogen (secondary N) is 1. The van der Waals surface area contributed by atoms with Crippen molar-refractivity contribution in [3.63, 3.8) is 0 Å². The summed E-state index contributed by atoms with van der Waals surface area (Å²) in [5.74, 6) is 1.80. The third kappa shape index (κ3) is 5.79. The van der Waals surface area contributed by atoms with E-state index in [2.05, 4.69) is 34.2 Å². The molecule has 0 fully saturated rings. The summed E-state index contributed by atoms with van der Waals surface area (Å²) in [4.78, 5) is 12.3. The molecule has 4 rings (SSSR count).